The van der Waals surface area contributed by atoms with Crippen molar-refractivity contribution >= 4 is 12.1 Å². The molecule has 82 valence electrons. The van der Waals surface area contributed by atoms with Crippen LogP contribution >= 0.6 is 0 Å². The van der Waals surface area contributed by atoms with Crippen molar-refractivity contribution in [3.63, 3.8) is 0 Å². The number of amides is 1. The molecule has 0 spiro atoms. The molecule has 0 aromatic rings. The zero-order chi connectivity index (χ0) is 11.1. The number of ether oxygens (including phenoxy) is 1. The van der Waals surface area contributed by atoms with Crippen molar-refractivity contribution < 1.29 is 19.4 Å². The zero-order valence-corrected chi connectivity index (χ0v) is 8.74. The Morgan fingerprint density at radius 2 is 1.93 bits per heavy atom. The highest BCUT2D eigenvalue weighted by Crippen LogP contribution is 1.99. The number of alkyl carbamates (subject to hydrolysis) is 1. The minimum Gasteiger partial charge on any atom is -0.481 e. The second kappa shape index (κ2) is 6.23. The lowest BCUT2D eigenvalue weighted by Crippen LogP contribution is -2.31. The summed E-state index contributed by atoms with van der Waals surface area (Å²) in [6, 6.07) is 0. The Hall–Kier alpha value is -1.26. The summed E-state index contributed by atoms with van der Waals surface area (Å²) in [7, 11) is 0. The zero-order valence-electron chi connectivity index (χ0n) is 8.74. The predicted octanol–water partition coefficient (Wildman–Crippen LogP) is 1.23. The molecule has 0 heterocycles. The van der Waals surface area contributed by atoms with Gasteiger partial charge >= 0.3 is 12.1 Å². The topological polar surface area (TPSA) is 75.6 Å². The van der Waals surface area contributed by atoms with E-state index in [4.69, 9.17) is 9.84 Å². The van der Waals surface area contributed by atoms with Gasteiger partial charge in [-0.25, -0.2) is 4.79 Å². The fourth-order valence-electron chi connectivity index (χ4n) is 0.884. The van der Waals surface area contributed by atoms with Gasteiger partial charge in [0.1, 0.15) is 0 Å². The van der Waals surface area contributed by atoms with Crippen molar-refractivity contribution in [2.45, 2.75) is 33.3 Å². The molecule has 0 rings (SSSR count). The van der Waals surface area contributed by atoms with Crippen LogP contribution in [0.1, 0.15) is 27.2 Å². The third-order valence-corrected chi connectivity index (χ3v) is 1.46. The van der Waals surface area contributed by atoms with Gasteiger partial charge in [-0.3, -0.25) is 4.79 Å². The second-order valence-corrected chi connectivity index (χ2v) is 3.54. The molecule has 0 aliphatic rings. The van der Waals surface area contributed by atoms with Gasteiger partial charge in [0.2, 0.25) is 0 Å². The fraction of sp³-hybridized carbons (Fsp3) is 0.778. The lowest BCUT2D eigenvalue weighted by molar-refractivity contribution is -0.137. The SMILES string of the molecule is CC(CNC(=O)OC(C)C)CC(=O)O. The van der Waals surface area contributed by atoms with Crippen LogP contribution in [0.2, 0.25) is 0 Å². The summed E-state index contributed by atoms with van der Waals surface area (Å²) in [5.41, 5.74) is 0. The fourth-order valence-corrected chi connectivity index (χ4v) is 0.884. The van der Waals surface area contributed by atoms with E-state index in [2.05, 4.69) is 5.32 Å². The summed E-state index contributed by atoms with van der Waals surface area (Å²) in [6.45, 7) is 5.57. The number of nitrogens with one attached hydrogen (secondary N) is 1. The van der Waals surface area contributed by atoms with Crippen LogP contribution in [-0.2, 0) is 9.53 Å². The van der Waals surface area contributed by atoms with Crippen LogP contribution < -0.4 is 5.32 Å². The minimum absolute atomic E-state index is 0.0436. The Morgan fingerprint density at radius 1 is 1.36 bits per heavy atom. The molecule has 0 aliphatic heterocycles. The number of aliphatic carboxylic acids is 1. The van der Waals surface area contributed by atoms with Crippen LogP contribution in [0.4, 0.5) is 4.79 Å². The van der Waals surface area contributed by atoms with Gasteiger partial charge in [-0.2, -0.15) is 0 Å². The van der Waals surface area contributed by atoms with Gasteiger partial charge in [0.05, 0.1) is 6.10 Å². The van der Waals surface area contributed by atoms with Crippen molar-refractivity contribution in [3.8, 4) is 0 Å². The van der Waals surface area contributed by atoms with Crippen LogP contribution in [0.5, 0.6) is 0 Å². The first kappa shape index (κ1) is 12.7. The second-order valence-electron chi connectivity index (χ2n) is 3.54. The van der Waals surface area contributed by atoms with Crippen molar-refractivity contribution in [1.29, 1.82) is 0 Å². The Labute approximate surface area is 83.4 Å². The summed E-state index contributed by atoms with van der Waals surface area (Å²) < 4.78 is 4.81. The largest absolute Gasteiger partial charge is 0.481 e. The van der Waals surface area contributed by atoms with Gasteiger partial charge in [0.15, 0.2) is 0 Å². The standard InChI is InChI=1S/C9H17NO4/c1-6(2)14-9(13)10-5-7(3)4-8(11)12/h6-7H,4-5H2,1-3H3,(H,10,13)(H,11,12). The smallest absolute Gasteiger partial charge is 0.407 e. The normalized spacial score (nSPS) is 12.3. The molecular formula is C9H17NO4. The Balaban J connectivity index is 3.61. The summed E-state index contributed by atoms with van der Waals surface area (Å²) in [5.74, 6) is -0.955. The molecule has 0 bridgehead atoms. The summed E-state index contributed by atoms with van der Waals surface area (Å²) in [6.07, 6.45) is -0.621. The number of carboxylic acids is 1. The summed E-state index contributed by atoms with van der Waals surface area (Å²) >= 11 is 0. The highest BCUT2D eigenvalue weighted by atomic mass is 16.6. The maximum absolute atomic E-state index is 11.0. The van der Waals surface area contributed by atoms with Gasteiger partial charge in [-0.15, -0.1) is 0 Å². The molecule has 5 heteroatoms. The highest BCUT2D eigenvalue weighted by Gasteiger charge is 2.10. The first-order chi connectivity index (χ1) is 6.41. The van der Waals surface area contributed by atoms with Crippen LogP contribution in [0.25, 0.3) is 0 Å². The molecule has 0 saturated carbocycles. The van der Waals surface area contributed by atoms with Gasteiger partial charge < -0.3 is 15.2 Å². The van der Waals surface area contributed by atoms with E-state index < -0.39 is 12.1 Å². The number of hydrogen-bond donors (Lipinski definition) is 2. The molecular weight excluding hydrogens is 186 g/mol. The maximum Gasteiger partial charge on any atom is 0.407 e. The molecule has 1 amide bonds. The van der Waals surface area contributed by atoms with E-state index in [0.717, 1.165) is 0 Å². The number of carbonyl (C=O) groups is 2. The lowest BCUT2D eigenvalue weighted by Gasteiger charge is -2.12. The molecule has 0 aliphatic carbocycles. The van der Waals surface area contributed by atoms with Gasteiger partial charge in [0, 0.05) is 13.0 Å². The van der Waals surface area contributed by atoms with E-state index in [-0.39, 0.29) is 18.4 Å². The van der Waals surface area contributed by atoms with Crippen molar-refractivity contribution in [1.82, 2.24) is 5.32 Å². The van der Waals surface area contributed by atoms with E-state index in [1.54, 1.807) is 20.8 Å². The van der Waals surface area contributed by atoms with Crippen LogP contribution in [0.15, 0.2) is 0 Å². The van der Waals surface area contributed by atoms with Gasteiger partial charge in [-0.1, -0.05) is 6.92 Å². The molecule has 0 aromatic carbocycles. The molecule has 2 N–H and O–H groups in total. The monoisotopic (exact) mass is 203 g/mol. The predicted molar refractivity (Wildman–Crippen MR) is 51.0 cm³/mol. The highest BCUT2D eigenvalue weighted by molar-refractivity contribution is 5.68. The van der Waals surface area contributed by atoms with E-state index in [9.17, 15) is 9.59 Å². The molecule has 0 saturated heterocycles. The Morgan fingerprint density at radius 3 is 2.36 bits per heavy atom. The average Bonchev–Trinajstić information content (AvgIpc) is 1.98. The molecule has 0 radical (unpaired) electrons. The molecule has 1 atom stereocenters. The van der Waals surface area contributed by atoms with E-state index in [0.29, 0.717) is 6.54 Å². The van der Waals surface area contributed by atoms with Crippen LogP contribution in [0, 0.1) is 5.92 Å². The third kappa shape index (κ3) is 7.39. The molecule has 0 fully saturated rings. The van der Waals surface area contributed by atoms with Crippen molar-refractivity contribution in [3.05, 3.63) is 0 Å². The number of hydrogen-bond acceptors (Lipinski definition) is 3. The average molecular weight is 203 g/mol. The molecule has 0 aromatic heterocycles. The van der Waals surface area contributed by atoms with Crippen molar-refractivity contribution in [2.24, 2.45) is 5.92 Å². The Bertz CT molecular complexity index is 203. The summed E-state index contributed by atoms with van der Waals surface area (Å²) in [5, 5.41) is 10.9. The molecule has 1 unspecified atom stereocenters. The quantitative estimate of drug-likeness (QED) is 0.704. The molecule has 14 heavy (non-hydrogen) atoms. The van der Waals surface area contributed by atoms with Crippen molar-refractivity contribution in [2.75, 3.05) is 6.54 Å². The first-order valence-electron chi connectivity index (χ1n) is 4.58. The third-order valence-electron chi connectivity index (χ3n) is 1.46. The maximum atomic E-state index is 11.0. The van der Waals surface area contributed by atoms with E-state index in [1.165, 1.54) is 0 Å². The number of carbonyl (C=O) groups excluding carboxylic acids is 1. The molecule has 5 nitrogen and oxygen atoms in total. The van der Waals surface area contributed by atoms with Crippen LogP contribution in [0.3, 0.4) is 0 Å². The van der Waals surface area contributed by atoms with E-state index >= 15 is 0 Å². The minimum atomic E-state index is -0.864. The number of carboxylic acid groups (broad SMARTS) is 1. The van der Waals surface area contributed by atoms with E-state index in [1.807, 2.05) is 0 Å². The Kier molecular flexibility index (Phi) is 5.67. The number of rotatable bonds is 5. The lowest BCUT2D eigenvalue weighted by atomic mass is 10.1. The summed E-state index contributed by atoms with van der Waals surface area (Å²) in [4.78, 5) is 21.3. The van der Waals surface area contributed by atoms with Gasteiger partial charge in [0.25, 0.3) is 0 Å². The van der Waals surface area contributed by atoms with Crippen LogP contribution in [-0.4, -0.2) is 29.8 Å². The first-order valence-corrected chi connectivity index (χ1v) is 4.58. The van der Waals surface area contributed by atoms with Gasteiger partial charge in [-0.05, 0) is 19.8 Å².